The van der Waals surface area contributed by atoms with Crippen LogP contribution in [0.5, 0.6) is 0 Å². The van der Waals surface area contributed by atoms with Gasteiger partial charge in [0.05, 0.1) is 6.04 Å². The van der Waals surface area contributed by atoms with Crippen LogP contribution in [0.2, 0.25) is 5.02 Å². The van der Waals surface area contributed by atoms with Crippen molar-refractivity contribution >= 4 is 17.5 Å². The first kappa shape index (κ1) is 17.0. The third-order valence-electron chi connectivity index (χ3n) is 4.53. The summed E-state index contributed by atoms with van der Waals surface area (Å²) in [5.74, 6) is 0.103. The number of nitrogens with one attached hydrogen (secondary N) is 1. The summed E-state index contributed by atoms with van der Waals surface area (Å²) in [6.07, 6.45) is 0. The lowest BCUT2D eigenvalue weighted by Gasteiger charge is -2.34. The van der Waals surface area contributed by atoms with Crippen LogP contribution >= 0.6 is 11.6 Å². The van der Waals surface area contributed by atoms with E-state index in [1.54, 1.807) is 0 Å². The summed E-state index contributed by atoms with van der Waals surface area (Å²) in [5.41, 5.74) is 5.21. The molecule has 1 saturated heterocycles. The Balaban J connectivity index is 1.79. The van der Waals surface area contributed by atoms with E-state index in [4.69, 9.17) is 11.6 Å². The van der Waals surface area contributed by atoms with Gasteiger partial charge in [0.15, 0.2) is 0 Å². The SMILES string of the molecule is Cc1cc(C)cc(C(=O)N2CCNC(c3ccc(C)c(Cl)c3)C2)c1. The van der Waals surface area contributed by atoms with E-state index in [9.17, 15) is 4.79 Å². The number of nitrogens with zero attached hydrogens (tertiary/aromatic N) is 1. The van der Waals surface area contributed by atoms with Gasteiger partial charge < -0.3 is 10.2 Å². The third kappa shape index (κ3) is 3.63. The zero-order valence-corrected chi connectivity index (χ0v) is 15.2. The highest BCUT2D eigenvalue weighted by Gasteiger charge is 2.25. The molecule has 4 heteroatoms. The Labute approximate surface area is 148 Å². The van der Waals surface area contributed by atoms with Crippen LogP contribution < -0.4 is 5.32 Å². The van der Waals surface area contributed by atoms with Gasteiger partial charge in [0.25, 0.3) is 5.91 Å². The van der Waals surface area contributed by atoms with Gasteiger partial charge in [-0.2, -0.15) is 0 Å². The Morgan fingerprint density at radius 2 is 1.83 bits per heavy atom. The number of carbonyl (C=O) groups is 1. The lowest BCUT2D eigenvalue weighted by Crippen LogP contribution is -2.48. The fraction of sp³-hybridized carbons (Fsp3) is 0.350. The second kappa shape index (κ2) is 6.96. The maximum atomic E-state index is 12.9. The quantitative estimate of drug-likeness (QED) is 0.892. The Morgan fingerprint density at radius 1 is 1.12 bits per heavy atom. The van der Waals surface area contributed by atoms with Crippen molar-refractivity contribution < 1.29 is 4.79 Å². The molecule has 1 N–H and O–H groups in total. The first-order valence-corrected chi connectivity index (χ1v) is 8.69. The zero-order chi connectivity index (χ0) is 17.3. The fourth-order valence-electron chi connectivity index (χ4n) is 3.26. The summed E-state index contributed by atoms with van der Waals surface area (Å²) in [4.78, 5) is 14.8. The molecule has 0 spiro atoms. The summed E-state index contributed by atoms with van der Waals surface area (Å²) < 4.78 is 0. The molecule has 1 amide bonds. The van der Waals surface area contributed by atoms with Crippen molar-refractivity contribution in [2.24, 2.45) is 0 Å². The molecule has 0 radical (unpaired) electrons. The minimum atomic E-state index is 0.103. The average molecular weight is 343 g/mol. The molecule has 1 aliphatic heterocycles. The van der Waals surface area contributed by atoms with E-state index in [0.717, 1.165) is 45.9 Å². The molecule has 24 heavy (non-hydrogen) atoms. The normalized spacial score (nSPS) is 17.8. The average Bonchev–Trinajstić information content (AvgIpc) is 2.56. The molecule has 0 bridgehead atoms. The summed E-state index contributed by atoms with van der Waals surface area (Å²) in [6, 6.07) is 12.3. The molecule has 0 aromatic heterocycles. The molecule has 1 atom stereocenters. The van der Waals surface area contributed by atoms with Gasteiger partial charge in [0.2, 0.25) is 0 Å². The molecule has 1 heterocycles. The number of aryl methyl sites for hydroxylation is 3. The van der Waals surface area contributed by atoms with E-state index in [2.05, 4.69) is 17.4 Å². The lowest BCUT2D eigenvalue weighted by molar-refractivity contribution is 0.0703. The maximum absolute atomic E-state index is 12.9. The van der Waals surface area contributed by atoms with Crippen LogP contribution in [-0.2, 0) is 0 Å². The number of halogens is 1. The molecule has 0 saturated carbocycles. The van der Waals surface area contributed by atoms with Gasteiger partial charge in [-0.25, -0.2) is 0 Å². The van der Waals surface area contributed by atoms with Crippen LogP contribution in [0, 0.1) is 20.8 Å². The Kier molecular flexibility index (Phi) is 4.93. The first-order valence-electron chi connectivity index (χ1n) is 8.31. The number of carbonyl (C=O) groups excluding carboxylic acids is 1. The molecular weight excluding hydrogens is 320 g/mol. The Bertz CT molecular complexity index is 752. The van der Waals surface area contributed by atoms with Gasteiger partial charge in [0.1, 0.15) is 0 Å². The fourth-order valence-corrected chi connectivity index (χ4v) is 3.45. The van der Waals surface area contributed by atoms with Crippen molar-refractivity contribution in [1.82, 2.24) is 10.2 Å². The van der Waals surface area contributed by atoms with Crippen molar-refractivity contribution in [3.05, 3.63) is 69.2 Å². The minimum Gasteiger partial charge on any atom is -0.335 e. The van der Waals surface area contributed by atoms with Crippen molar-refractivity contribution in [3.8, 4) is 0 Å². The first-order chi connectivity index (χ1) is 11.4. The molecule has 2 aromatic carbocycles. The van der Waals surface area contributed by atoms with Gasteiger partial charge in [0, 0.05) is 30.2 Å². The molecule has 1 unspecified atom stereocenters. The van der Waals surface area contributed by atoms with Crippen LogP contribution in [0.1, 0.15) is 38.7 Å². The molecule has 1 fully saturated rings. The van der Waals surface area contributed by atoms with Crippen LogP contribution in [0.4, 0.5) is 0 Å². The van der Waals surface area contributed by atoms with Crippen LogP contribution in [0.3, 0.4) is 0 Å². The summed E-state index contributed by atoms with van der Waals surface area (Å²) in [7, 11) is 0. The van der Waals surface area contributed by atoms with Crippen LogP contribution in [0.15, 0.2) is 36.4 Å². The number of hydrogen-bond donors (Lipinski definition) is 1. The lowest BCUT2D eigenvalue weighted by atomic mass is 10.0. The predicted molar refractivity (Wildman–Crippen MR) is 98.8 cm³/mol. The number of piperazine rings is 1. The summed E-state index contributed by atoms with van der Waals surface area (Å²) in [5, 5.41) is 4.26. The van der Waals surface area contributed by atoms with Gasteiger partial charge in [-0.05, 0) is 50.1 Å². The smallest absolute Gasteiger partial charge is 0.253 e. The second-order valence-corrected chi connectivity index (χ2v) is 7.05. The molecule has 1 aliphatic rings. The summed E-state index contributed by atoms with van der Waals surface area (Å²) in [6.45, 7) is 8.22. The standard InChI is InChI=1S/C20H23ClN2O/c1-13-8-14(2)10-17(9-13)20(24)23-7-6-22-19(12-23)16-5-4-15(3)18(21)11-16/h4-5,8-11,19,22H,6-7,12H2,1-3H3. The highest BCUT2D eigenvalue weighted by molar-refractivity contribution is 6.31. The van der Waals surface area contributed by atoms with E-state index in [0.29, 0.717) is 6.54 Å². The number of amides is 1. The molecule has 2 aromatic rings. The molecule has 0 aliphatic carbocycles. The van der Waals surface area contributed by atoms with E-state index >= 15 is 0 Å². The molecule has 126 valence electrons. The largest absolute Gasteiger partial charge is 0.335 e. The number of hydrogen-bond acceptors (Lipinski definition) is 2. The Morgan fingerprint density at radius 3 is 2.50 bits per heavy atom. The topological polar surface area (TPSA) is 32.3 Å². The van der Waals surface area contributed by atoms with Crippen molar-refractivity contribution in [3.63, 3.8) is 0 Å². The summed E-state index contributed by atoms with van der Waals surface area (Å²) >= 11 is 6.25. The van der Waals surface area contributed by atoms with Crippen LogP contribution in [0.25, 0.3) is 0 Å². The number of benzene rings is 2. The van der Waals surface area contributed by atoms with Crippen molar-refractivity contribution in [2.45, 2.75) is 26.8 Å². The molecule has 3 rings (SSSR count). The van der Waals surface area contributed by atoms with Crippen molar-refractivity contribution in [1.29, 1.82) is 0 Å². The number of rotatable bonds is 2. The van der Waals surface area contributed by atoms with Gasteiger partial charge in [-0.15, -0.1) is 0 Å². The molecule has 3 nitrogen and oxygen atoms in total. The van der Waals surface area contributed by atoms with Gasteiger partial charge in [-0.3, -0.25) is 4.79 Å². The van der Waals surface area contributed by atoms with E-state index in [-0.39, 0.29) is 11.9 Å². The van der Waals surface area contributed by atoms with E-state index in [1.165, 1.54) is 0 Å². The van der Waals surface area contributed by atoms with Gasteiger partial charge in [-0.1, -0.05) is 40.9 Å². The van der Waals surface area contributed by atoms with E-state index in [1.807, 2.05) is 49.9 Å². The van der Waals surface area contributed by atoms with E-state index < -0.39 is 0 Å². The highest BCUT2D eigenvalue weighted by Crippen LogP contribution is 2.24. The van der Waals surface area contributed by atoms with Crippen molar-refractivity contribution in [2.75, 3.05) is 19.6 Å². The van der Waals surface area contributed by atoms with Gasteiger partial charge >= 0.3 is 0 Å². The zero-order valence-electron chi connectivity index (χ0n) is 14.4. The second-order valence-electron chi connectivity index (χ2n) is 6.64. The van der Waals surface area contributed by atoms with Crippen LogP contribution in [-0.4, -0.2) is 30.4 Å². The Hall–Kier alpha value is -1.84. The predicted octanol–water partition coefficient (Wildman–Crippen LogP) is 4.05. The third-order valence-corrected chi connectivity index (χ3v) is 4.94. The molecular formula is C20H23ClN2O. The minimum absolute atomic E-state index is 0.103. The maximum Gasteiger partial charge on any atom is 0.253 e. The monoisotopic (exact) mass is 342 g/mol. The highest BCUT2D eigenvalue weighted by atomic mass is 35.5.